The second-order valence-corrected chi connectivity index (χ2v) is 8.09. The third-order valence-electron chi connectivity index (χ3n) is 5.67. The highest BCUT2D eigenvalue weighted by molar-refractivity contribution is 6.06. The molecule has 0 aromatic heterocycles. The zero-order chi connectivity index (χ0) is 23.8. The van der Waals surface area contributed by atoms with Crippen LogP contribution in [0.1, 0.15) is 52.0 Å². The highest BCUT2D eigenvalue weighted by Crippen LogP contribution is 2.28. The minimum absolute atomic E-state index is 0.112. The van der Waals surface area contributed by atoms with Crippen molar-refractivity contribution in [3.8, 4) is 0 Å². The molecule has 2 amide bonds. The van der Waals surface area contributed by atoms with Crippen LogP contribution in [-0.4, -0.2) is 50.1 Å². The standard InChI is InChI=1S/C24H30N4O5/c1-17-7-8-18(15-22(17)28(31)32)23(29)26-19-9-10-21(27-12-4-3-5-13-27)20(16-19)24(30)25-11-6-14-33-2/h7-10,15-16H,3-6,11-14H2,1-2H3,(H,25,30)(H,26,29). The molecule has 33 heavy (non-hydrogen) atoms. The summed E-state index contributed by atoms with van der Waals surface area (Å²) in [5, 5.41) is 16.9. The Hall–Kier alpha value is -3.46. The molecule has 1 fully saturated rings. The number of piperidine rings is 1. The van der Waals surface area contributed by atoms with Gasteiger partial charge in [-0.3, -0.25) is 19.7 Å². The Morgan fingerprint density at radius 1 is 1.09 bits per heavy atom. The van der Waals surface area contributed by atoms with Gasteiger partial charge in [0.1, 0.15) is 0 Å². The first-order valence-corrected chi connectivity index (χ1v) is 11.1. The zero-order valence-electron chi connectivity index (χ0n) is 19.1. The van der Waals surface area contributed by atoms with Crippen LogP contribution in [0.25, 0.3) is 0 Å². The van der Waals surface area contributed by atoms with Gasteiger partial charge in [-0.1, -0.05) is 6.07 Å². The molecule has 176 valence electrons. The number of nitrogens with zero attached hydrogens (tertiary/aromatic N) is 2. The molecule has 0 aliphatic carbocycles. The lowest BCUT2D eigenvalue weighted by atomic mass is 10.1. The third-order valence-corrected chi connectivity index (χ3v) is 5.67. The van der Waals surface area contributed by atoms with E-state index in [4.69, 9.17) is 4.74 Å². The third kappa shape index (κ3) is 6.29. The van der Waals surface area contributed by atoms with Crippen molar-refractivity contribution in [1.82, 2.24) is 5.32 Å². The fourth-order valence-electron chi connectivity index (χ4n) is 3.87. The maximum atomic E-state index is 13.0. The Kier molecular flexibility index (Phi) is 8.37. The normalized spacial score (nSPS) is 13.5. The summed E-state index contributed by atoms with van der Waals surface area (Å²) >= 11 is 0. The summed E-state index contributed by atoms with van der Waals surface area (Å²) in [5.74, 6) is -0.691. The van der Waals surface area contributed by atoms with E-state index < -0.39 is 10.8 Å². The van der Waals surface area contributed by atoms with Gasteiger partial charge in [-0.25, -0.2) is 0 Å². The Bertz CT molecular complexity index is 1020. The minimum Gasteiger partial charge on any atom is -0.385 e. The monoisotopic (exact) mass is 454 g/mol. The van der Waals surface area contributed by atoms with Crippen LogP contribution >= 0.6 is 0 Å². The van der Waals surface area contributed by atoms with E-state index in [0.29, 0.717) is 36.4 Å². The fraction of sp³-hybridized carbons (Fsp3) is 0.417. The number of amides is 2. The molecular formula is C24H30N4O5. The lowest BCUT2D eigenvalue weighted by Crippen LogP contribution is -2.33. The van der Waals surface area contributed by atoms with Crippen molar-refractivity contribution < 1.29 is 19.2 Å². The van der Waals surface area contributed by atoms with Crippen LogP contribution < -0.4 is 15.5 Å². The Morgan fingerprint density at radius 2 is 1.85 bits per heavy atom. The number of benzene rings is 2. The lowest BCUT2D eigenvalue weighted by Gasteiger charge is -2.30. The summed E-state index contributed by atoms with van der Waals surface area (Å²) in [5.41, 5.74) is 2.32. The molecule has 0 radical (unpaired) electrons. The highest BCUT2D eigenvalue weighted by Gasteiger charge is 2.20. The Balaban J connectivity index is 1.83. The SMILES string of the molecule is COCCCNC(=O)c1cc(NC(=O)c2ccc(C)c([N+](=O)[O-])c2)ccc1N1CCCCC1. The van der Waals surface area contributed by atoms with Gasteiger partial charge in [-0.05, 0) is 56.9 Å². The predicted molar refractivity (Wildman–Crippen MR) is 127 cm³/mol. The number of rotatable bonds is 9. The number of anilines is 2. The molecule has 0 unspecified atom stereocenters. The number of nitrogens with one attached hydrogen (secondary N) is 2. The molecule has 0 spiro atoms. The van der Waals surface area contributed by atoms with Gasteiger partial charge in [-0.15, -0.1) is 0 Å². The molecular weight excluding hydrogens is 424 g/mol. The number of ether oxygens (including phenoxy) is 1. The van der Waals surface area contributed by atoms with E-state index >= 15 is 0 Å². The van der Waals surface area contributed by atoms with E-state index in [2.05, 4.69) is 15.5 Å². The summed E-state index contributed by atoms with van der Waals surface area (Å²) < 4.78 is 5.03. The van der Waals surface area contributed by atoms with Gasteiger partial charge in [0.05, 0.1) is 10.5 Å². The number of methoxy groups -OCH3 is 1. The molecule has 2 aromatic rings. The van der Waals surface area contributed by atoms with Gasteiger partial charge in [0, 0.05) is 61.9 Å². The second kappa shape index (κ2) is 11.4. The Labute approximate surface area is 193 Å². The van der Waals surface area contributed by atoms with Crippen LogP contribution in [-0.2, 0) is 4.74 Å². The van der Waals surface area contributed by atoms with E-state index in [1.54, 1.807) is 38.3 Å². The topological polar surface area (TPSA) is 114 Å². The maximum Gasteiger partial charge on any atom is 0.273 e. The van der Waals surface area contributed by atoms with Gasteiger partial charge in [0.2, 0.25) is 0 Å². The number of nitro groups is 1. The number of hydrogen-bond acceptors (Lipinski definition) is 6. The quantitative estimate of drug-likeness (QED) is 0.337. The van der Waals surface area contributed by atoms with Crippen LogP contribution in [0.2, 0.25) is 0 Å². The van der Waals surface area contributed by atoms with E-state index in [9.17, 15) is 19.7 Å². The van der Waals surface area contributed by atoms with Gasteiger partial charge < -0.3 is 20.3 Å². The van der Waals surface area contributed by atoms with Crippen molar-refractivity contribution in [3.05, 3.63) is 63.2 Å². The Morgan fingerprint density at radius 3 is 2.55 bits per heavy atom. The first-order chi connectivity index (χ1) is 15.9. The van der Waals surface area contributed by atoms with Gasteiger partial charge in [0.15, 0.2) is 0 Å². The molecule has 9 heteroatoms. The summed E-state index contributed by atoms with van der Waals surface area (Å²) in [7, 11) is 1.62. The zero-order valence-corrected chi connectivity index (χ0v) is 19.1. The summed E-state index contributed by atoms with van der Waals surface area (Å²) in [4.78, 5) is 38.6. The lowest BCUT2D eigenvalue weighted by molar-refractivity contribution is -0.385. The molecule has 3 rings (SSSR count). The average molecular weight is 455 g/mol. The molecule has 1 heterocycles. The smallest absolute Gasteiger partial charge is 0.273 e. The number of aryl methyl sites for hydroxylation is 1. The van der Waals surface area contributed by atoms with Gasteiger partial charge >= 0.3 is 0 Å². The summed E-state index contributed by atoms with van der Waals surface area (Å²) in [6.07, 6.45) is 4.01. The van der Waals surface area contributed by atoms with Gasteiger partial charge in [-0.2, -0.15) is 0 Å². The average Bonchev–Trinajstić information content (AvgIpc) is 2.82. The molecule has 1 aliphatic rings. The van der Waals surface area contributed by atoms with E-state index in [0.717, 1.165) is 31.6 Å². The van der Waals surface area contributed by atoms with E-state index in [1.807, 2.05) is 6.07 Å². The van der Waals surface area contributed by atoms with Crippen molar-refractivity contribution in [2.75, 3.05) is 43.6 Å². The number of carbonyl (C=O) groups is 2. The van der Waals surface area contributed by atoms with Crippen LogP contribution in [0, 0.1) is 17.0 Å². The first kappa shape index (κ1) is 24.2. The maximum absolute atomic E-state index is 13.0. The second-order valence-electron chi connectivity index (χ2n) is 8.09. The van der Waals surface area contributed by atoms with Crippen LogP contribution in [0.3, 0.4) is 0 Å². The van der Waals surface area contributed by atoms with Crippen molar-refractivity contribution in [1.29, 1.82) is 0 Å². The van der Waals surface area contributed by atoms with Crippen LogP contribution in [0.5, 0.6) is 0 Å². The molecule has 0 saturated carbocycles. The van der Waals surface area contributed by atoms with Crippen molar-refractivity contribution >= 4 is 28.9 Å². The van der Waals surface area contributed by atoms with Crippen molar-refractivity contribution in [3.63, 3.8) is 0 Å². The number of nitro benzene ring substituents is 1. The number of hydrogen-bond donors (Lipinski definition) is 2. The molecule has 0 bridgehead atoms. The summed E-state index contributed by atoms with van der Waals surface area (Å²) in [6, 6.07) is 9.62. The largest absolute Gasteiger partial charge is 0.385 e. The highest BCUT2D eigenvalue weighted by atomic mass is 16.6. The minimum atomic E-state index is -0.508. The van der Waals surface area contributed by atoms with Crippen LogP contribution in [0.15, 0.2) is 36.4 Å². The molecule has 1 saturated heterocycles. The first-order valence-electron chi connectivity index (χ1n) is 11.1. The predicted octanol–water partition coefficient (Wildman–Crippen LogP) is 3.91. The van der Waals surface area contributed by atoms with Crippen molar-refractivity contribution in [2.45, 2.75) is 32.6 Å². The van der Waals surface area contributed by atoms with Crippen LogP contribution in [0.4, 0.5) is 17.1 Å². The van der Waals surface area contributed by atoms with Crippen molar-refractivity contribution in [2.24, 2.45) is 0 Å². The molecule has 2 N–H and O–H groups in total. The molecule has 2 aromatic carbocycles. The van der Waals surface area contributed by atoms with E-state index in [1.165, 1.54) is 12.5 Å². The molecule has 1 aliphatic heterocycles. The van der Waals surface area contributed by atoms with E-state index in [-0.39, 0.29) is 17.2 Å². The molecule has 0 atom stereocenters. The fourth-order valence-corrected chi connectivity index (χ4v) is 3.87. The molecule has 9 nitrogen and oxygen atoms in total. The number of carbonyl (C=O) groups excluding carboxylic acids is 2. The summed E-state index contributed by atoms with van der Waals surface area (Å²) in [6.45, 7) is 4.41. The van der Waals surface area contributed by atoms with Gasteiger partial charge in [0.25, 0.3) is 17.5 Å².